The van der Waals surface area contributed by atoms with Crippen LogP contribution in [0.25, 0.3) is 0 Å². The third kappa shape index (κ3) is 12.4. The third-order valence-corrected chi connectivity index (χ3v) is 7.35. The fourth-order valence-corrected chi connectivity index (χ4v) is 5.14. The van der Waals surface area contributed by atoms with Gasteiger partial charge in [-0.2, -0.15) is 13.5 Å². The minimum Gasteiger partial charge on any atom is -0.508 e. The summed E-state index contributed by atoms with van der Waals surface area (Å²) in [6.45, 7) is 16.2. The second kappa shape index (κ2) is 16.9. The van der Waals surface area contributed by atoms with E-state index in [0.29, 0.717) is 47.6 Å². The van der Waals surface area contributed by atoms with Gasteiger partial charge in [0.25, 0.3) is 11.8 Å². The van der Waals surface area contributed by atoms with Crippen LogP contribution in [0.1, 0.15) is 61.3 Å². The molecule has 0 unspecified atom stereocenters. The lowest BCUT2D eigenvalue weighted by molar-refractivity contribution is -0.119. The Morgan fingerprint density at radius 2 is 1.28 bits per heavy atom. The van der Waals surface area contributed by atoms with Crippen molar-refractivity contribution in [3.05, 3.63) is 36.4 Å². The Labute approximate surface area is 300 Å². The zero-order chi connectivity index (χ0) is 35.9. The van der Waals surface area contributed by atoms with Crippen LogP contribution in [0.5, 0.6) is 23.0 Å². The zero-order valence-corrected chi connectivity index (χ0v) is 30.8. The van der Waals surface area contributed by atoms with Gasteiger partial charge in [-0.25, -0.2) is 9.59 Å². The SMILES string of the molecule is CC(C)(C)OC(=O)N1CC[C@@H](Oc2ccc3c(c2)NC(=O)CO3)C1.C[C@H]1CCN(C(=O)OC(C)(C)C)C1.O=C1COc2ccc(O)cc2N1.S. The second-order valence-corrected chi connectivity index (χ2v) is 14.3. The van der Waals surface area contributed by atoms with Crippen molar-refractivity contribution in [2.45, 2.75) is 78.6 Å². The van der Waals surface area contributed by atoms with E-state index in [0.717, 1.165) is 25.9 Å². The van der Waals surface area contributed by atoms with E-state index in [-0.39, 0.29) is 68.2 Å². The van der Waals surface area contributed by atoms with Gasteiger partial charge in [0, 0.05) is 38.2 Å². The molecule has 14 nitrogen and oxygen atoms in total. The van der Waals surface area contributed by atoms with Gasteiger partial charge >= 0.3 is 12.2 Å². The van der Waals surface area contributed by atoms with Crippen molar-refractivity contribution in [2.75, 3.05) is 50.0 Å². The number of hydrogen-bond acceptors (Lipinski definition) is 10. The fraction of sp³-hybridized carbons (Fsp3) is 0.543. The van der Waals surface area contributed by atoms with Gasteiger partial charge < -0.3 is 49.2 Å². The quantitative estimate of drug-likeness (QED) is 0.361. The number of aromatic hydroxyl groups is 1. The van der Waals surface area contributed by atoms with Crippen LogP contribution in [-0.2, 0) is 19.1 Å². The van der Waals surface area contributed by atoms with E-state index in [1.165, 1.54) is 12.1 Å². The first-order chi connectivity index (χ1) is 22.9. The fourth-order valence-electron chi connectivity index (χ4n) is 5.14. The summed E-state index contributed by atoms with van der Waals surface area (Å²) in [5.74, 6) is 2.20. The molecule has 0 spiro atoms. The zero-order valence-electron chi connectivity index (χ0n) is 29.8. The van der Waals surface area contributed by atoms with Crippen LogP contribution >= 0.6 is 13.5 Å². The summed E-state index contributed by atoms with van der Waals surface area (Å²) < 4.78 is 26.9. The van der Waals surface area contributed by atoms with Crippen LogP contribution in [0, 0.1) is 5.92 Å². The first-order valence-electron chi connectivity index (χ1n) is 16.4. The molecule has 15 heteroatoms. The number of phenolic OH excluding ortho intramolecular Hbond substituents is 1. The number of hydrogen-bond donors (Lipinski definition) is 3. The lowest BCUT2D eigenvalue weighted by atomic mass is 10.2. The molecule has 276 valence electrons. The summed E-state index contributed by atoms with van der Waals surface area (Å²) in [6, 6.07) is 9.88. The number of benzene rings is 2. The van der Waals surface area contributed by atoms with E-state index < -0.39 is 5.60 Å². The summed E-state index contributed by atoms with van der Waals surface area (Å²) in [4.78, 5) is 49.2. The first-order valence-corrected chi connectivity index (χ1v) is 16.4. The molecule has 50 heavy (non-hydrogen) atoms. The van der Waals surface area contributed by atoms with E-state index in [1.54, 1.807) is 34.1 Å². The molecule has 0 saturated carbocycles. The molecule has 6 rings (SSSR count). The maximum absolute atomic E-state index is 12.1. The van der Waals surface area contributed by atoms with Crippen molar-refractivity contribution in [3.8, 4) is 23.0 Å². The number of rotatable bonds is 2. The highest BCUT2D eigenvalue weighted by Crippen LogP contribution is 2.33. The summed E-state index contributed by atoms with van der Waals surface area (Å²) in [6.07, 6.45) is 1.24. The summed E-state index contributed by atoms with van der Waals surface area (Å²) in [5.41, 5.74) is 0.243. The minimum absolute atomic E-state index is 0. The van der Waals surface area contributed by atoms with Gasteiger partial charge in [-0.15, -0.1) is 0 Å². The number of nitrogens with one attached hydrogen (secondary N) is 2. The molecule has 4 heterocycles. The molecule has 0 aromatic heterocycles. The average Bonchev–Trinajstić information content (AvgIpc) is 3.65. The van der Waals surface area contributed by atoms with Crippen LogP contribution < -0.4 is 24.8 Å². The van der Waals surface area contributed by atoms with Gasteiger partial charge in [0.15, 0.2) is 13.2 Å². The molecule has 0 bridgehead atoms. The molecule has 3 N–H and O–H groups in total. The average molecular weight is 719 g/mol. The van der Waals surface area contributed by atoms with Gasteiger partial charge in [-0.3, -0.25) is 9.59 Å². The number of carbonyl (C=O) groups is 4. The summed E-state index contributed by atoms with van der Waals surface area (Å²) >= 11 is 0. The van der Waals surface area contributed by atoms with Gasteiger partial charge in [-0.1, -0.05) is 6.92 Å². The lowest BCUT2D eigenvalue weighted by Crippen LogP contribution is -2.36. The highest BCUT2D eigenvalue weighted by atomic mass is 32.1. The second-order valence-electron chi connectivity index (χ2n) is 14.3. The number of likely N-dealkylation sites (tertiary alicyclic amines) is 2. The van der Waals surface area contributed by atoms with E-state index in [9.17, 15) is 19.2 Å². The Morgan fingerprint density at radius 1 is 0.780 bits per heavy atom. The number of ether oxygens (including phenoxy) is 5. The summed E-state index contributed by atoms with van der Waals surface area (Å²) in [7, 11) is 0. The third-order valence-electron chi connectivity index (χ3n) is 7.35. The van der Waals surface area contributed by atoms with E-state index in [2.05, 4.69) is 17.6 Å². The van der Waals surface area contributed by atoms with Crippen molar-refractivity contribution < 1.29 is 48.0 Å². The largest absolute Gasteiger partial charge is 0.508 e. The van der Waals surface area contributed by atoms with Gasteiger partial charge in [0.1, 0.15) is 40.3 Å². The highest BCUT2D eigenvalue weighted by Gasteiger charge is 2.31. The molecule has 4 aliphatic rings. The number of fused-ring (bicyclic) bond motifs is 2. The highest BCUT2D eigenvalue weighted by molar-refractivity contribution is 7.59. The van der Waals surface area contributed by atoms with E-state index in [1.807, 2.05) is 41.5 Å². The van der Waals surface area contributed by atoms with Crippen molar-refractivity contribution in [1.29, 1.82) is 0 Å². The standard InChI is InChI=1S/C17H22N2O5.C10H19NO2.C8H7NO3.H2S/c1-17(2,3)24-16(21)19-7-6-12(9-19)23-11-4-5-14-13(8-11)18-15(20)10-22-14;1-8-5-6-11(7-8)9(12)13-10(2,3)4;10-5-1-2-7-6(3-5)9-8(11)4-12-7;/h4-5,8,12H,6-7,9-10H2,1-3H3,(H,18,20);8H,5-7H2,1-4H3;1-3,10H,4H2,(H,9,11);1H2/t12-;8-;;/m10../s1. The van der Waals surface area contributed by atoms with E-state index in [4.69, 9.17) is 28.8 Å². The Hall–Kier alpha value is -4.53. The Morgan fingerprint density at radius 3 is 1.80 bits per heavy atom. The number of anilines is 2. The molecule has 4 aliphatic heterocycles. The molecule has 2 aromatic carbocycles. The molecule has 2 aromatic rings. The van der Waals surface area contributed by atoms with Gasteiger partial charge in [0.2, 0.25) is 0 Å². The predicted molar refractivity (Wildman–Crippen MR) is 192 cm³/mol. The number of phenols is 1. The van der Waals surface area contributed by atoms with Crippen LogP contribution in [0.3, 0.4) is 0 Å². The van der Waals surface area contributed by atoms with E-state index >= 15 is 0 Å². The molecular weight excluding hydrogens is 668 g/mol. The first kappa shape index (κ1) is 39.9. The smallest absolute Gasteiger partial charge is 0.410 e. The lowest BCUT2D eigenvalue weighted by Gasteiger charge is -2.24. The van der Waals surface area contributed by atoms with Gasteiger partial charge in [0.05, 0.1) is 17.9 Å². The predicted octanol–water partition coefficient (Wildman–Crippen LogP) is 5.50. The molecular formula is C35H50N4O10S. The normalized spacial score (nSPS) is 19.2. The van der Waals surface area contributed by atoms with Crippen LogP contribution in [0.2, 0.25) is 0 Å². The van der Waals surface area contributed by atoms with Crippen LogP contribution in [0.15, 0.2) is 36.4 Å². The Kier molecular flexibility index (Phi) is 13.5. The van der Waals surface area contributed by atoms with Crippen LogP contribution in [0.4, 0.5) is 21.0 Å². The number of nitrogens with zero attached hydrogens (tertiary/aromatic N) is 2. The molecule has 0 aliphatic carbocycles. The van der Waals surface area contributed by atoms with Crippen molar-refractivity contribution in [3.63, 3.8) is 0 Å². The number of carbonyl (C=O) groups excluding carboxylic acids is 4. The topological polar surface area (TPSA) is 165 Å². The van der Waals surface area contributed by atoms with Crippen molar-refractivity contribution >= 4 is 48.9 Å². The van der Waals surface area contributed by atoms with Crippen molar-refractivity contribution in [1.82, 2.24) is 9.80 Å². The maximum atomic E-state index is 12.1. The monoisotopic (exact) mass is 718 g/mol. The molecule has 2 saturated heterocycles. The molecule has 2 atom stereocenters. The molecule has 0 radical (unpaired) electrons. The Balaban J connectivity index is 0.000000220. The van der Waals surface area contributed by atoms with Crippen LogP contribution in [-0.4, -0.2) is 95.6 Å². The van der Waals surface area contributed by atoms with Crippen molar-refractivity contribution in [2.24, 2.45) is 5.92 Å². The minimum atomic E-state index is -0.507. The summed E-state index contributed by atoms with van der Waals surface area (Å²) in [5, 5.41) is 14.4. The Bertz CT molecular complexity index is 1520. The number of amides is 4. The molecule has 4 amide bonds. The molecule has 2 fully saturated rings. The van der Waals surface area contributed by atoms with Gasteiger partial charge in [-0.05, 0) is 78.1 Å². The maximum Gasteiger partial charge on any atom is 0.410 e.